The highest BCUT2D eigenvalue weighted by Crippen LogP contribution is 2.42. The molecule has 2 unspecified atom stereocenters. The standard InChI is InChI=1S/C15H12O5/c16-11-7-8-5-6-12(17)15(20,14(18)19)13(8)10-4-2-1-3-9(10)11/h1-7,12,16-17,20H,(H,18,19). The molecular weight excluding hydrogens is 260 g/mol. The van der Waals surface area contributed by atoms with Crippen molar-refractivity contribution in [2.45, 2.75) is 11.7 Å². The first-order valence-electron chi connectivity index (χ1n) is 6.03. The highest BCUT2D eigenvalue weighted by Gasteiger charge is 2.48. The van der Waals surface area contributed by atoms with Gasteiger partial charge in [-0.1, -0.05) is 36.4 Å². The second-order valence-corrected chi connectivity index (χ2v) is 4.78. The zero-order valence-corrected chi connectivity index (χ0v) is 10.3. The summed E-state index contributed by atoms with van der Waals surface area (Å²) < 4.78 is 0. The third kappa shape index (κ3) is 1.47. The number of carbonyl (C=O) groups is 1. The Labute approximate surface area is 114 Å². The SMILES string of the molecule is O=C(O)C1(O)c2c(cc(O)c3ccccc23)C=CC1O. The number of aliphatic hydroxyl groups excluding tert-OH is 1. The summed E-state index contributed by atoms with van der Waals surface area (Å²) in [5, 5.41) is 40.5. The molecule has 4 N–H and O–H groups in total. The summed E-state index contributed by atoms with van der Waals surface area (Å²) in [7, 11) is 0. The number of hydrogen-bond donors (Lipinski definition) is 4. The molecule has 20 heavy (non-hydrogen) atoms. The fourth-order valence-electron chi connectivity index (χ4n) is 2.65. The molecule has 0 aliphatic heterocycles. The number of aliphatic carboxylic acids is 1. The quantitative estimate of drug-likeness (QED) is 0.625. The summed E-state index contributed by atoms with van der Waals surface area (Å²) in [6.07, 6.45) is 1.13. The number of rotatable bonds is 1. The molecule has 0 aromatic heterocycles. The number of fused-ring (bicyclic) bond motifs is 3. The van der Waals surface area contributed by atoms with Crippen molar-refractivity contribution >= 4 is 22.8 Å². The normalized spacial score (nSPS) is 24.6. The minimum Gasteiger partial charge on any atom is -0.507 e. The van der Waals surface area contributed by atoms with Gasteiger partial charge in [-0.2, -0.15) is 0 Å². The Kier molecular flexibility index (Phi) is 2.57. The Balaban J connectivity index is 2.49. The van der Waals surface area contributed by atoms with Gasteiger partial charge in [-0.05, 0) is 17.0 Å². The molecule has 1 aliphatic rings. The second-order valence-electron chi connectivity index (χ2n) is 4.78. The van der Waals surface area contributed by atoms with Gasteiger partial charge in [0.1, 0.15) is 11.9 Å². The number of benzene rings is 2. The van der Waals surface area contributed by atoms with Gasteiger partial charge in [-0.25, -0.2) is 4.79 Å². The Morgan fingerprint density at radius 1 is 1.20 bits per heavy atom. The molecule has 0 saturated heterocycles. The van der Waals surface area contributed by atoms with Gasteiger partial charge >= 0.3 is 5.97 Å². The molecule has 0 saturated carbocycles. The number of carboxylic acids is 1. The third-order valence-corrected chi connectivity index (χ3v) is 3.65. The molecule has 0 fully saturated rings. The van der Waals surface area contributed by atoms with E-state index >= 15 is 0 Å². The van der Waals surface area contributed by atoms with Crippen LogP contribution >= 0.6 is 0 Å². The van der Waals surface area contributed by atoms with Crippen LogP contribution in [0.4, 0.5) is 0 Å². The van der Waals surface area contributed by atoms with Gasteiger partial charge in [0.25, 0.3) is 0 Å². The predicted molar refractivity (Wildman–Crippen MR) is 72.2 cm³/mol. The largest absolute Gasteiger partial charge is 0.507 e. The zero-order valence-electron chi connectivity index (χ0n) is 10.3. The number of hydrogen-bond acceptors (Lipinski definition) is 4. The van der Waals surface area contributed by atoms with Crippen LogP contribution in [0.2, 0.25) is 0 Å². The molecule has 2 aromatic carbocycles. The fraction of sp³-hybridized carbons (Fsp3) is 0.133. The van der Waals surface area contributed by atoms with Crippen LogP contribution in [0.1, 0.15) is 11.1 Å². The predicted octanol–water partition coefficient (Wildman–Crippen LogP) is 1.21. The van der Waals surface area contributed by atoms with Crippen LogP contribution in [0, 0.1) is 0 Å². The first kappa shape index (κ1) is 12.7. The molecule has 102 valence electrons. The fourth-order valence-corrected chi connectivity index (χ4v) is 2.65. The molecule has 0 radical (unpaired) electrons. The van der Waals surface area contributed by atoms with Crippen molar-refractivity contribution in [1.29, 1.82) is 0 Å². The lowest BCUT2D eigenvalue weighted by atomic mass is 9.78. The Bertz CT molecular complexity index is 749. The maximum atomic E-state index is 11.5. The summed E-state index contributed by atoms with van der Waals surface area (Å²) in [5.41, 5.74) is -1.97. The number of phenols is 1. The highest BCUT2D eigenvalue weighted by molar-refractivity contribution is 5.99. The van der Waals surface area contributed by atoms with Crippen molar-refractivity contribution < 1.29 is 25.2 Å². The van der Waals surface area contributed by atoms with Crippen LogP contribution in [0.15, 0.2) is 36.4 Å². The molecule has 2 aromatic rings. The van der Waals surface area contributed by atoms with Crippen molar-refractivity contribution in [2.75, 3.05) is 0 Å². The van der Waals surface area contributed by atoms with E-state index in [0.717, 1.165) is 0 Å². The lowest BCUT2D eigenvalue weighted by Gasteiger charge is -2.33. The van der Waals surface area contributed by atoms with Gasteiger partial charge in [-0.15, -0.1) is 0 Å². The number of phenolic OH excluding ortho intramolecular Hbond substituents is 1. The van der Waals surface area contributed by atoms with E-state index < -0.39 is 17.7 Å². The Morgan fingerprint density at radius 3 is 2.50 bits per heavy atom. The van der Waals surface area contributed by atoms with E-state index in [1.54, 1.807) is 24.3 Å². The Hall–Kier alpha value is -2.37. The zero-order chi connectivity index (χ0) is 14.5. The summed E-state index contributed by atoms with van der Waals surface area (Å²) in [6.45, 7) is 0. The van der Waals surface area contributed by atoms with Crippen molar-refractivity contribution in [1.82, 2.24) is 0 Å². The van der Waals surface area contributed by atoms with Crippen LogP contribution in [0.25, 0.3) is 16.8 Å². The van der Waals surface area contributed by atoms with Crippen LogP contribution in [0.3, 0.4) is 0 Å². The molecule has 0 spiro atoms. The number of carboxylic acid groups (broad SMARTS) is 1. The van der Waals surface area contributed by atoms with E-state index in [9.17, 15) is 25.2 Å². The molecule has 0 amide bonds. The maximum absolute atomic E-state index is 11.5. The molecule has 0 heterocycles. The van der Waals surface area contributed by atoms with Gasteiger partial charge in [0, 0.05) is 10.9 Å². The first-order valence-corrected chi connectivity index (χ1v) is 6.03. The minimum absolute atomic E-state index is 0.00636. The monoisotopic (exact) mass is 272 g/mol. The van der Waals surface area contributed by atoms with E-state index in [0.29, 0.717) is 16.3 Å². The van der Waals surface area contributed by atoms with E-state index in [-0.39, 0.29) is 11.3 Å². The van der Waals surface area contributed by atoms with E-state index in [2.05, 4.69) is 0 Å². The van der Waals surface area contributed by atoms with Crippen LogP contribution in [0.5, 0.6) is 5.75 Å². The average molecular weight is 272 g/mol. The Morgan fingerprint density at radius 2 is 1.85 bits per heavy atom. The van der Waals surface area contributed by atoms with Gasteiger partial charge < -0.3 is 20.4 Å². The van der Waals surface area contributed by atoms with Gasteiger partial charge in [0.05, 0.1) is 0 Å². The average Bonchev–Trinajstić information content (AvgIpc) is 2.43. The molecule has 3 rings (SSSR count). The summed E-state index contributed by atoms with van der Waals surface area (Å²) in [6, 6.07) is 7.98. The topological polar surface area (TPSA) is 98.0 Å². The second kappa shape index (κ2) is 4.06. The van der Waals surface area contributed by atoms with Crippen molar-refractivity contribution in [3.8, 4) is 5.75 Å². The van der Waals surface area contributed by atoms with Crippen molar-refractivity contribution in [3.05, 3.63) is 47.5 Å². The number of aliphatic hydroxyl groups is 2. The molecule has 5 nitrogen and oxygen atoms in total. The lowest BCUT2D eigenvalue weighted by Crippen LogP contribution is -2.47. The smallest absolute Gasteiger partial charge is 0.343 e. The number of aromatic hydroxyl groups is 1. The summed E-state index contributed by atoms with van der Waals surface area (Å²) >= 11 is 0. The lowest BCUT2D eigenvalue weighted by molar-refractivity contribution is -0.169. The van der Waals surface area contributed by atoms with Crippen LogP contribution in [-0.4, -0.2) is 32.5 Å². The summed E-state index contributed by atoms with van der Waals surface area (Å²) in [4.78, 5) is 11.5. The van der Waals surface area contributed by atoms with Crippen LogP contribution in [-0.2, 0) is 10.4 Å². The van der Waals surface area contributed by atoms with Crippen LogP contribution < -0.4 is 0 Å². The van der Waals surface area contributed by atoms with Crippen molar-refractivity contribution in [3.63, 3.8) is 0 Å². The van der Waals surface area contributed by atoms with E-state index in [4.69, 9.17) is 0 Å². The molecule has 2 atom stereocenters. The molecule has 5 heteroatoms. The molecule has 1 aliphatic carbocycles. The maximum Gasteiger partial charge on any atom is 0.343 e. The van der Waals surface area contributed by atoms with E-state index in [1.807, 2.05) is 0 Å². The van der Waals surface area contributed by atoms with Gasteiger partial charge in [0.2, 0.25) is 5.60 Å². The summed E-state index contributed by atoms with van der Waals surface area (Å²) in [5.74, 6) is -1.54. The van der Waals surface area contributed by atoms with Gasteiger partial charge in [-0.3, -0.25) is 0 Å². The first-order chi connectivity index (χ1) is 9.46. The van der Waals surface area contributed by atoms with E-state index in [1.165, 1.54) is 18.2 Å². The highest BCUT2D eigenvalue weighted by atomic mass is 16.4. The van der Waals surface area contributed by atoms with Crippen molar-refractivity contribution in [2.24, 2.45) is 0 Å². The third-order valence-electron chi connectivity index (χ3n) is 3.65. The minimum atomic E-state index is -2.43. The molecule has 0 bridgehead atoms. The molecular formula is C15H12O5. The van der Waals surface area contributed by atoms with Gasteiger partial charge in [0.15, 0.2) is 0 Å².